The minimum atomic E-state index is -0.0728. The fourth-order valence-corrected chi connectivity index (χ4v) is 3.31. The highest BCUT2D eigenvalue weighted by molar-refractivity contribution is 5.90. The Kier molecular flexibility index (Phi) is 3.91. The number of pyridine rings is 2. The molecule has 128 valence electrons. The van der Waals surface area contributed by atoms with E-state index < -0.39 is 0 Å². The Bertz CT molecular complexity index is 936. The summed E-state index contributed by atoms with van der Waals surface area (Å²) in [5, 5.41) is 5.39. The molecule has 0 bridgehead atoms. The number of halogens is 1. The van der Waals surface area contributed by atoms with E-state index in [1.54, 1.807) is 6.08 Å². The molecule has 2 aliphatic rings. The first-order chi connectivity index (χ1) is 12.0. The summed E-state index contributed by atoms with van der Waals surface area (Å²) in [4.78, 5) is 9.24. The molecule has 0 spiro atoms. The molecule has 2 aliphatic carbocycles. The summed E-state index contributed by atoms with van der Waals surface area (Å²) in [7, 11) is 0. The lowest BCUT2D eigenvalue weighted by Gasteiger charge is -2.15. The van der Waals surface area contributed by atoms with Gasteiger partial charge in [-0.25, -0.2) is 9.37 Å². The molecular formula is C21H22FN3. The summed E-state index contributed by atoms with van der Waals surface area (Å²) in [6.45, 7) is 8.13. The van der Waals surface area contributed by atoms with E-state index in [0.29, 0.717) is 12.3 Å². The van der Waals surface area contributed by atoms with Crippen LogP contribution < -0.4 is 5.32 Å². The van der Waals surface area contributed by atoms with E-state index >= 15 is 0 Å². The zero-order valence-electron chi connectivity index (χ0n) is 14.7. The zero-order chi connectivity index (χ0) is 17.6. The van der Waals surface area contributed by atoms with Gasteiger partial charge in [0.25, 0.3) is 0 Å². The molecule has 2 aromatic heterocycles. The van der Waals surface area contributed by atoms with Crippen LogP contribution in [0.1, 0.15) is 44.0 Å². The molecule has 0 aromatic carbocycles. The average Bonchev–Trinajstić information content (AvgIpc) is 3.42. The summed E-state index contributed by atoms with van der Waals surface area (Å²) in [5.41, 5.74) is 4.87. The van der Waals surface area contributed by atoms with Crippen molar-refractivity contribution in [2.24, 2.45) is 5.92 Å². The van der Waals surface area contributed by atoms with Crippen LogP contribution in [-0.2, 0) is 0 Å². The number of fused-ring (bicyclic) bond motifs is 1. The Morgan fingerprint density at radius 3 is 2.80 bits per heavy atom. The number of rotatable bonds is 4. The fourth-order valence-electron chi connectivity index (χ4n) is 3.31. The molecule has 1 fully saturated rings. The number of aryl methyl sites for hydroxylation is 1. The van der Waals surface area contributed by atoms with Crippen LogP contribution in [-0.4, -0.2) is 9.97 Å². The standard InChI is InChI=1S/C21H22FN3/c1-12-4-7-17(22)9-18(12)20-8-16-11-23-21(10-19(16)14(3)24-20)25-13(2)15-5-6-15/h8-11,15H,2,4-7H2,1,3H3,(H,23,25). The maximum atomic E-state index is 13.7. The monoisotopic (exact) mass is 335 g/mol. The van der Waals surface area contributed by atoms with E-state index in [-0.39, 0.29) is 5.83 Å². The van der Waals surface area contributed by atoms with E-state index in [9.17, 15) is 4.39 Å². The van der Waals surface area contributed by atoms with Crippen LogP contribution in [0.25, 0.3) is 16.3 Å². The number of anilines is 1. The lowest BCUT2D eigenvalue weighted by molar-refractivity contribution is 0.583. The second-order valence-electron chi connectivity index (χ2n) is 7.09. The van der Waals surface area contributed by atoms with E-state index in [0.717, 1.165) is 45.7 Å². The minimum Gasteiger partial charge on any atom is -0.344 e. The van der Waals surface area contributed by atoms with Crippen LogP contribution >= 0.6 is 0 Å². The van der Waals surface area contributed by atoms with Gasteiger partial charge in [-0.1, -0.05) is 12.2 Å². The fraction of sp³-hybridized carbons (Fsp3) is 0.333. The van der Waals surface area contributed by atoms with Crippen molar-refractivity contribution in [2.75, 3.05) is 5.32 Å². The third-order valence-corrected chi connectivity index (χ3v) is 5.04. The van der Waals surface area contributed by atoms with Crippen molar-refractivity contribution in [1.29, 1.82) is 0 Å². The Balaban J connectivity index is 1.72. The van der Waals surface area contributed by atoms with E-state index in [2.05, 4.69) is 16.9 Å². The molecular weight excluding hydrogens is 313 g/mol. The molecule has 4 heteroatoms. The van der Waals surface area contributed by atoms with Crippen LogP contribution in [0.3, 0.4) is 0 Å². The summed E-state index contributed by atoms with van der Waals surface area (Å²) in [5.74, 6) is 1.32. The van der Waals surface area contributed by atoms with Gasteiger partial charge in [0.05, 0.1) is 5.69 Å². The maximum absolute atomic E-state index is 13.7. The first-order valence-electron chi connectivity index (χ1n) is 8.80. The van der Waals surface area contributed by atoms with Gasteiger partial charge in [-0.3, -0.25) is 4.98 Å². The summed E-state index contributed by atoms with van der Waals surface area (Å²) >= 11 is 0. The average molecular weight is 335 g/mol. The summed E-state index contributed by atoms with van der Waals surface area (Å²) < 4.78 is 13.7. The third-order valence-electron chi connectivity index (χ3n) is 5.04. The predicted molar refractivity (Wildman–Crippen MR) is 101 cm³/mol. The van der Waals surface area contributed by atoms with Crippen molar-refractivity contribution in [1.82, 2.24) is 9.97 Å². The number of allylic oxidation sites excluding steroid dienone is 5. The first-order valence-corrected chi connectivity index (χ1v) is 8.80. The number of hydrogen-bond acceptors (Lipinski definition) is 3. The van der Waals surface area contributed by atoms with Gasteiger partial charge in [0.1, 0.15) is 11.6 Å². The number of nitrogens with zero attached hydrogens (tertiary/aromatic N) is 2. The van der Waals surface area contributed by atoms with E-state index in [1.807, 2.05) is 32.2 Å². The molecule has 0 amide bonds. The van der Waals surface area contributed by atoms with Crippen molar-refractivity contribution < 1.29 is 4.39 Å². The molecule has 25 heavy (non-hydrogen) atoms. The van der Waals surface area contributed by atoms with Gasteiger partial charge < -0.3 is 5.32 Å². The number of nitrogens with one attached hydrogen (secondary N) is 1. The molecule has 0 unspecified atom stereocenters. The molecule has 0 radical (unpaired) electrons. The Morgan fingerprint density at radius 2 is 2.04 bits per heavy atom. The highest BCUT2D eigenvalue weighted by atomic mass is 19.1. The van der Waals surface area contributed by atoms with Gasteiger partial charge in [-0.05, 0) is 57.2 Å². The molecule has 0 atom stereocenters. The van der Waals surface area contributed by atoms with Gasteiger partial charge in [0, 0.05) is 40.4 Å². The summed E-state index contributed by atoms with van der Waals surface area (Å²) in [6.07, 6.45) is 7.14. The maximum Gasteiger partial charge on any atom is 0.130 e. The Hall–Kier alpha value is -2.49. The third kappa shape index (κ3) is 3.21. The Labute approximate surface area is 147 Å². The number of hydrogen-bond donors (Lipinski definition) is 1. The first kappa shape index (κ1) is 16.0. The van der Waals surface area contributed by atoms with Crippen LogP contribution in [0.4, 0.5) is 10.2 Å². The highest BCUT2D eigenvalue weighted by Gasteiger charge is 2.24. The van der Waals surface area contributed by atoms with Crippen molar-refractivity contribution >= 4 is 22.2 Å². The molecule has 4 rings (SSSR count). The van der Waals surface area contributed by atoms with Crippen molar-refractivity contribution in [3.8, 4) is 0 Å². The molecule has 1 saturated carbocycles. The predicted octanol–water partition coefficient (Wildman–Crippen LogP) is 5.69. The van der Waals surface area contributed by atoms with Gasteiger partial charge in [-0.2, -0.15) is 0 Å². The smallest absolute Gasteiger partial charge is 0.130 e. The molecule has 0 saturated heterocycles. The van der Waals surface area contributed by atoms with Crippen LogP contribution in [0.2, 0.25) is 0 Å². The van der Waals surface area contributed by atoms with Crippen molar-refractivity contribution in [2.45, 2.75) is 39.5 Å². The molecule has 2 aromatic rings. The lowest BCUT2D eigenvalue weighted by atomic mass is 9.94. The van der Waals surface area contributed by atoms with Gasteiger partial charge >= 0.3 is 0 Å². The number of aromatic nitrogens is 2. The summed E-state index contributed by atoms with van der Waals surface area (Å²) in [6, 6.07) is 4.02. The second-order valence-corrected chi connectivity index (χ2v) is 7.09. The van der Waals surface area contributed by atoms with Crippen LogP contribution in [0.5, 0.6) is 0 Å². The topological polar surface area (TPSA) is 37.8 Å². The normalized spacial score (nSPS) is 17.6. The largest absolute Gasteiger partial charge is 0.344 e. The Morgan fingerprint density at radius 1 is 1.24 bits per heavy atom. The molecule has 0 aliphatic heterocycles. The van der Waals surface area contributed by atoms with Gasteiger partial charge in [0.15, 0.2) is 0 Å². The van der Waals surface area contributed by atoms with Crippen molar-refractivity contribution in [3.05, 3.63) is 59.5 Å². The van der Waals surface area contributed by atoms with Gasteiger partial charge in [0.2, 0.25) is 0 Å². The van der Waals surface area contributed by atoms with E-state index in [4.69, 9.17) is 4.98 Å². The zero-order valence-corrected chi connectivity index (χ0v) is 14.7. The van der Waals surface area contributed by atoms with E-state index in [1.165, 1.54) is 18.4 Å². The van der Waals surface area contributed by atoms with Crippen LogP contribution in [0, 0.1) is 12.8 Å². The van der Waals surface area contributed by atoms with Crippen LogP contribution in [0.15, 0.2) is 48.1 Å². The molecule has 3 nitrogen and oxygen atoms in total. The quantitative estimate of drug-likeness (QED) is 0.779. The second kappa shape index (κ2) is 6.10. The SMILES string of the molecule is C=C(Nc1cc2c(C)nc(C3=C(C)CCC(F)=C3)cc2cn1)C1CC1. The van der Waals surface area contributed by atoms with Gasteiger partial charge in [-0.15, -0.1) is 0 Å². The highest BCUT2D eigenvalue weighted by Crippen LogP contribution is 2.36. The molecule has 2 heterocycles. The van der Waals surface area contributed by atoms with Crippen molar-refractivity contribution in [3.63, 3.8) is 0 Å². The minimum absolute atomic E-state index is 0.0728. The lowest BCUT2D eigenvalue weighted by Crippen LogP contribution is -2.03. The molecule has 1 N–H and O–H groups in total.